The highest BCUT2D eigenvalue weighted by Crippen LogP contribution is 2.50. The first kappa shape index (κ1) is 26.6. The average molecular weight is 572 g/mol. The van der Waals surface area contributed by atoms with E-state index < -0.39 is 0 Å². The lowest BCUT2D eigenvalue weighted by atomic mass is 10.2. The fourth-order valence-electron chi connectivity index (χ4n) is 4.75. The molecule has 40 heavy (non-hydrogen) atoms. The van der Waals surface area contributed by atoms with Crippen LogP contribution in [0, 0.1) is 0 Å². The van der Waals surface area contributed by atoms with Crippen molar-refractivity contribution < 1.29 is 14.3 Å². The minimum absolute atomic E-state index is 0.0651. The van der Waals surface area contributed by atoms with Gasteiger partial charge in [-0.15, -0.1) is 0 Å². The van der Waals surface area contributed by atoms with Gasteiger partial charge in [-0.05, 0) is 47.7 Å². The molecule has 2 amide bonds. The van der Waals surface area contributed by atoms with Crippen molar-refractivity contribution in [3.63, 3.8) is 0 Å². The molecule has 0 spiro atoms. The Morgan fingerprint density at radius 3 is 2.55 bits per heavy atom. The van der Waals surface area contributed by atoms with E-state index in [9.17, 15) is 9.59 Å². The predicted molar refractivity (Wildman–Crippen MR) is 162 cm³/mol. The van der Waals surface area contributed by atoms with Crippen molar-refractivity contribution in [3.8, 4) is 0 Å². The standard InChI is InChI=1S/C30H29N5O3S2/c1-33-24-12-5-6-13-25(24)39-29(33)27-28(37)35(19-21-8-3-2-4-9-21)30(40-27)32-23-11-7-10-22(18-23)31-26(36)20-34-14-16-38-17-15-34/h2-13,18H,14-17,19-20H2,1H3,(H,31,36)/b29-27-,32-30-. The number of nitrogens with one attached hydrogen (secondary N) is 1. The van der Waals surface area contributed by atoms with Crippen molar-refractivity contribution in [3.05, 3.63) is 94.4 Å². The van der Waals surface area contributed by atoms with Gasteiger partial charge in [0.2, 0.25) is 5.91 Å². The van der Waals surface area contributed by atoms with Crippen LogP contribution in [0.25, 0.3) is 0 Å². The van der Waals surface area contributed by atoms with Gasteiger partial charge in [0, 0.05) is 30.7 Å². The number of carbonyl (C=O) groups excluding carboxylic acids is 2. The molecule has 6 rings (SSSR count). The number of fused-ring (bicyclic) bond motifs is 1. The Kier molecular flexibility index (Phi) is 7.92. The van der Waals surface area contributed by atoms with Gasteiger partial charge in [0.1, 0.15) is 4.91 Å². The molecule has 3 aliphatic heterocycles. The van der Waals surface area contributed by atoms with Gasteiger partial charge in [0.05, 0.1) is 42.7 Å². The van der Waals surface area contributed by atoms with Gasteiger partial charge in [0.25, 0.3) is 5.91 Å². The van der Waals surface area contributed by atoms with Gasteiger partial charge in [0.15, 0.2) is 5.17 Å². The number of anilines is 2. The van der Waals surface area contributed by atoms with E-state index in [1.807, 2.05) is 73.8 Å². The van der Waals surface area contributed by atoms with Crippen molar-refractivity contribution in [1.29, 1.82) is 0 Å². The van der Waals surface area contributed by atoms with Gasteiger partial charge >= 0.3 is 0 Å². The molecule has 0 unspecified atom stereocenters. The first-order chi connectivity index (χ1) is 19.5. The Labute approximate surface area is 242 Å². The first-order valence-corrected chi connectivity index (χ1v) is 14.8. The molecule has 0 aromatic heterocycles. The maximum atomic E-state index is 13.9. The van der Waals surface area contributed by atoms with Crippen molar-refractivity contribution >= 4 is 57.6 Å². The molecule has 204 valence electrons. The van der Waals surface area contributed by atoms with Crippen LogP contribution in [0.4, 0.5) is 17.1 Å². The van der Waals surface area contributed by atoms with E-state index in [0.717, 1.165) is 34.3 Å². The summed E-state index contributed by atoms with van der Waals surface area (Å²) >= 11 is 3.00. The van der Waals surface area contributed by atoms with Gasteiger partial charge in [-0.2, -0.15) is 0 Å². The fraction of sp³-hybridized carbons (Fsp3) is 0.233. The molecule has 0 radical (unpaired) electrons. The van der Waals surface area contributed by atoms with E-state index >= 15 is 0 Å². The van der Waals surface area contributed by atoms with Gasteiger partial charge < -0.3 is 15.0 Å². The Morgan fingerprint density at radius 1 is 0.975 bits per heavy atom. The zero-order chi connectivity index (χ0) is 27.5. The molecule has 3 aromatic carbocycles. The van der Waals surface area contributed by atoms with Crippen molar-refractivity contribution in [2.45, 2.75) is 11.4 Å². The van der Waals surface area contributed by atoms with E-state index in [0.29, 0.717) is 47.8 Å². The molecule has 3 aromatic rings. The van der Waals surface area contributed by atoms with Crippen molar-refractivity contribution in [2.24, 2.45) is 4.99 Å². The van der Waals surface area contributed by atoms with Crippen LogP contribution >= 0.6 is 23.5 Å². The van der Waals surface area contributed by atoms with E-state index in [2.05, 4.69) is 27.2 Å². The minimum atomic E-state index is -0.0734. The molecule has 2 saturated heterocycles. The smallest absolute Gasteiger partial charge is 0.269 e. The molecular weight excluding hydrogens is 542 g/mol. The normalized spacial score (nSPS) is 20.3. The molecule has 10 heteroatoms. The molecule has 0 atom stereocenters. The Morgan fingerprint density at radius 2 is 1.75 bits per heavy atom. The average Bonchev–Trinajstić information content (AvgIpc) is 3.46. The summed E-state index contributed by atoms with van der Waals surface area (Å²) in [6.07, 6.45) is 0. The summed E-state index contributed by atoms with van der Waals surface area (Å²) in [5.41, 5.74) is 3.45. The van der Waals surface area contributed by atoms with Crippen LogP contribution in [-0.4, -0.2) is 66.7 Å². The summed E-state index contributed by atoms with van der Waals surface area (Å²) in [5.74, 6) is -0.138. The third kappa shape index (κ3) is 5.80. The largest absolute Gasteiger partial charge is 0.379 e. The monoisotopic (exact) mass is 571 g/mol. The second-order valence-corrected chi connectivity index (χ2v) is 11.6. The maximum Gasteiger partial charge on any atom is 0.269 e. The summed E-state index contributed by atoms with van der Waals surface area (Å²) in [7, 11) is 1.99. The van der Waals surface area contributed by atoms with Crippen LogP contribution in [0.5, 0.6) is 0 Å². The van der Waals surface area contributed by atoms with Gasteiger partial charge in [-0.1, -0.05) is 60.3 Å². The number of para-hydroxylation sites is 1. The number of nitrogens with zero attached hydrogens (tertiary/aromatic N) is 4. The quantitative estimate of drug-likeness (QED) is 0.411. The molecule has 0 bridgehead atoms. The molecule has 2 fully saturated rings. The van der Waals surface area contributed by atoms with Crippen LogP contribution in [-0.2, 0) is 20.9 Å². The lowest BCUT2D eigenvalue weighted by Crippen LogP contribution is -2.41. The number of rotatable bonds is 6. The molecule has 3 heterocycles. The number of morpholine rings is 1. The van der Waals surface area contributed by atoms with Gasteiger partial charge in [-0.3, -0.25) is 19.4 Å². The number of hydrogen-bond donors (Lipinski definition) is 1. The SMILES string of the molecule is CN1/C(=C2/S/C(=N\c3cccc(NC(=O)CN4CCOCC4)c3)N(Cc3ccccc3)C2=O)Sc2ccccc21. The van der Waals surface area contributed by atoms with Crippen LogP contribution in [0.15, 0.2) is 98.7 Å². The lowest BCUT2D eigenvalue weighted by molar-refractivity contribution is -0.122. The van der Waals surface area contributed by atoms with E-state index in [4.69, 9.17) is 9.73 Å². The first-order valence-electron chi connectivity index (χ1n) is 13.1. The van der Waals surface area contributed by atoms with E-state index in [-0.39, 0.29) is 11.8 Å². The summed E-state index contributed by atoms with van der Waals surface area (Å²) in [5, 5.41) is 4.50. The number of benzene rings is 3. The number of amides is 2. The summed E-state index contributed by atoms with van der Waals surface area (Å²) in [4.78, 5) is 39.1. The van der Waals surface area contributed by atoms with Crippen LogP contribution < -0.4 is 10.2 Å². The number of hydrogen-bond acceptors (Lipinski definition) is 8. The summed E-state index contributed by atoms with van der Waals surface area (Å²) in [6, 6.07) is 25.5. The topological polar surface area (TPSA) is 77.5 Å². The third-order valence-electron chi connectivity index (χ3n) is 6.80. The number of carbonyl (C=O) groups is 2. The highest BCUT2D eigenvalue weighted by atomic mass is 32.2. The van der Waals surface area contributed by atoms with Gasteiger partial charge in [-0.25, -0.2) is 4.99 Å². The van der Waals surface area contributed by atoms with Crippen LogP contribution in [0.2, 0.25) is 0 Å². The number of amidine groups is 1. The predicted octanol–water partition coefficient (Wildman–Crippen LogP) is 5.13. The molecule has 0 aliphatic carbocycles. The Bertz CT molecular complexity index is 1490. The molecule has 3 aliphatic rings. The van der Waals surface area contributed by atoms with Crippen LogP contribution in [0.1, 0.15) is 5.56 Å². The van der Waals surface area contributed by atoms with E-state index in [1.54, 1.807) is 16.7 Å². The summed E-state index contributed by atoms with van der Waals surface area (Å²) < 4.78 is 5.37. The zero-order valence-corrected chi connectivity index (χ0v) is 23.7. The zero-order valence-electron chi connectivity index (χ0n) is 22.1. The van der Waals surface area contributed by atoms with E-state index in [1.165, 1.54) is 11.8 Å². The Hall–Kier alpha value is -3.57. The Balaban J connectivity index is 1.27. The second-order valence-electron chi connectivity index (χ2n) is 9.62. The van der Waals surface area contributed by atoms with Crippen molar-refractivity contribution in [2.75, 3.05) is 50.1 Å². The lowest BCUT2D eigenvalue weighted by Gasteiger charge is -2.25. The second kappa shape index (κ2) is 11.9. The molecule has 8 nitrogen and oxygen atoms in total. The minimum Gasteiger partial charge on any atom is -0.379 e. The highest BCUT2D eigenvalue weighted by Gasteiger charge is 2.39. The maximum absolute atomic E-state index is 13.9. The number of ether oxygens (including phenoxy) is 1. The summed E-state index contributed by atoms with van der Waals surface area (Å²) in [6.45, 7) is 3.53. The highest BCUT2D eigenvalue weighted by molar-refractivity contribution is 8.19. The fourth-order valence-corrected chi connectivity index (χ4v) is 7.09. The third-order valence-corrected chi connectivity index (χ3v) is 9.24. The van der Waals surface area contributed by atoms with Crippen LogP contribution in [0.3, 0.4) is 0 Å². The molecular formula is C30H29N5O3S2. The molecule has 1 N–H and O–H groups in total. The van der Waals surface area contributed by atoms with Crippen molar-refractivity contribution in [1.82, 2.24) is 9.80 Å². The molecule has 0 saturated carbocycles. The number of thioether (sulfide) groups is 2. The number of aliphatic imine (C=N–C) groups is 1.